The second-order valence-corrected chi connectivity index (χ2v) is 8.10. The van der Waals surface area contributed by atoms with Gasteiger partial charge in [0.1, 0.15) is 16.4 Å². The standard InChI is InChI=1S/C21H15ClN2O3S/c22-16-6-10-18(11-7-16)27-19-12-8-17(9-13-19)24-28(25,26)20-5-1-3-15-4-2-14-23-21(15)20/h1-14,24H. The first-order valence-corrected chi connectivity index (χ1v) is 10.3. The van der Waals surface area contributed by atoms with Crippen molar-refractivity contribution < 1.29 is 13.2 Å². The first-order valence-electron chi connectivity index (χ1n) is 8.41. The number of anilines is 1. The van der Waals surface area contributed by atoms with Crippen molar-refractivity contribution in [3.63, 3.8) is 0 Å². The van der Waals surface area contributed by atoms with Crippen LogP contribution in [0.2, 0.25) is 5.02 Å². The molecule has 7 heteroatoms. The second kappa shape index (κ2) is 7.50. The number of para-hydroxylation sites is 1. The monoisotopic (exact) mass is 410 g/mol. The molecule has 0 radical (unpaired) electrons. The fourth-order valence-corrected chi connectivity index (χ4v) is 4.10. The maximum atomic E-state index is 12.8. The molecular weight excluding hydrogens is 396 g/mol. The number of halogens is 1. The van der Waals surface area contributed by atoms with E-state index in [0.717, 1.165) is 5.39 Å². The number of benzene rings is 3. The van der Waals surface area contributed by atoms with Crippen molar-refractivity contribution in [2.75, 3.05) is 4.72 Å². The van der Waals surface area contributed by atoms with E-state index in [4.69, 9.17) is 16.3 Å². The van der Waals surface area contributed by atoms with Gasteiger partial charge >= 0.3 is 0 Å². The number of aromatic nitrogens is 1. The van der Waals surface area contributed by atoms with E-state index in [1.807, 2.05) is 12.1 Å². The lowest BCUT2D eigenvalue weighted by atomic mass is 10.2. The van der Waals surface area contributed by atoms with Gasteiger partial charge in [0.05, 0.1) is 5.52 Å². The van der Waals surface area contributed by atoms with Crippen LogP contribution in [0.15, 0.2) is 90.0 Å². The summed E-state index contributed by atoms with van der Waals surface area (Å²) in [5.74, 6) is 1.22. The van der Waals surface area contributed by atoms with Crippen LogP contribution in [-0.4, -0.2) is 13.4 Å². The maximum Gasteiger partial charge on any atom is 0.264 e. The molecule has 4 aromatic rings. The molecule has 0 aliphatic rings. The Morgan fingerprint density at radius 3 is 2.18 bits per heavy atom. The van der Waals surface area contributed by atoms with Gasteiger partial charge in [-0.15, -0.1) is 0 Å². The third kappa shape index (κ3) is 3.93. The number of sulfonamides is 1. The fourth-order valence-electron chi connectivity index (χ4n) is 2.73. The Bertz CT molecular complexity index is 1220. The molecule has 3 aromatic carbocycles. The summed E-state index contributed by atoms with van der Waals surface area (Å²) in [5, 5.41) is 1.39. The highest BCUT2D eigenvalue weighted by Crippen LogP contribution is 2.26. The minimum Gasteiger partial charge on any atom is -0.457 e. The molecule has 0 saturated heterocycles. The van der Waals surface area contributed by atoms with E-state index in [1.54, 1.807) is 66.9 Å². The molecule has 1 heterocycles. The molecule has 0 saturated carbocycles. The number of hydrogen-bond acceptors (Lipinski definition) is 4. The van der Waals surface area contributed by atoms with Gasteiger partial charge in [-0.2, -0.15) is 0 Å². The minimum absolute atomic E-state index is 0.132. The van der Waals surface area contributed by atoms with Crippen LogP contribution in [0.5, 0.6) is 11.5 Å². The summed E-state index contributed by atoms with van der Waals surface area (Å²) in [6.07, 6.45) is 1.57. The van der Waals surface area contributed by atoms with Crippen LogP contribution in [0, 0.1) is 0 Å². The largest absolute Gasteiger partial charge is 0.457 e. The van der Waals surface area contributed by atoms with Crippen LogP contribution in [0.25, 0.3) is 10.9 Å². The summed E-state index contributed by atoms with van der Waals surface area (Å²) in [6, 6.07) is 22.3. The Hall–Kier alpha value is -3.09. The van der Waals surface area contributed by atoms with Crippen molar-refractivity contribution >= 4 is 38.2 Å². The second-order valence-electron chi connectivity index (χ2n) is 6.02. The molecule has 0 atom stereocenters. The van der Waals surface area contributed by atoms with E-state index in [1.165, 1.54) is 6.07 Å². The Balaban J connectivity index is 1.55. The van der Waals surface area contributed by atoms with Gasteiger partial charge in [0.2, 0.25) is 0 Å². The van der Waals surface area contributed by atoms with Crippen molar-refractivity contribution in [1.29, 1.82) is 0 Å². The summed E-state index contributed by atoms with van der Waals surface area (Å²) in [7, 11) is -3.78. The Morgan fingerprint density at radius 1 is 0.821 bits per heavy atom. The van der Waals surface area contributed by atoms with E-state index in [9.17, 15) is 8.42 Å². The van der Waals surface area contributed by atoms with Gasteiger partial charge in [0.25, 0.3) is 10.0 Å². The lowest BCUT2D eigenvalue weighted by molar-refractivity contribution is 0.483. The topological polar surface area (TPSA) is 68.3 Å². The van der Waals surface area contributed by atoms with Crippen LogP contribution in [-0.2, 0) is 10.0 Å². The minimum atomic E-state index is -3.78. The Labute approximate surface area is 167 Å². The smallest absolute Gasteiger partial charge is 0.264 e. The first kappa shape index (κ1) is 18.3. The number of ether oxygens (including phenoxy) is 1. The molecule has 1 aromatic heterocycles. The van der Waals surface area contributed by atoms with Gasteiger partial charge in [0, 0.05) is 22.3 Å². The molecule has 4 rings (SSSR count). The molecule has 0 aliphatic heterocycles. The van der Waals surface area contributed by atoms with Crippen molar-refractivity contribution in [1.82, 2.24) is 4.98 Å². The zero-order chi connectivity index (χ0) is 19.6. The predicted octanol–water partition coefficient (Wildman–Crippen LogP) is 5.48. The molecule has 0 bridgehead atoms. The molecule has 0 aliphatic carbocycles. The molecule has 1 N–H and O–H groups in total. The zero-order valence-corrected chi connectivity index (χ0v) is 16.1. The highest BCUT2D eigenvalue weighted by Gasteiger charge is 2.18. The fraction of sp³-hybridized carbons (Fsp3) is 0. The number of fused-ring (bicyclic) bond motifs is 1. The molecule has 0 amide bonds. The number of nitrogens with zero attached hydrogens (tertiary/aromatic N) is 1. The van der Waals surface area contributed by atoms with Gasteiger partial charge in [0.15, 0.2) is 0 Å². The molecular formula is C21H15ClN2O3S. The zero-order valence-electron chi connectivity index (χ0n) is 14.5. The molecule has 140 valence electrons. The summed E-state index contributed by atoms with van der Waals surface area (Å²) in [5.41, 5.74) is 0.858. The number of hydrogen-bond donors (Lipinski definition) is 1. The first-order chi connectivity index (χ1) is 13.5. The van der Waals surface area contributed by atoms with Crippen molar-refractivity contribution in [2.24, 2.45) is 0 Å². The quantitative estimate of drug-likeness (QED) is 0.473. The van der Waals surface area contributed by atoms with Crippen molar-refractivity contribution in [2.45, 2.75) is 4.90 Å². The predicted molar refractivity (Wildman–Crippen MR) is 111 cm³/mol. The average Bonchev–Trinajstić information content (AvgIpc) is 2.70. The SMILES string of the molecule is O=S(=O)(Nc1ccc(Oc2ccc(Cl)cc2)cc1)c1cccc2cccnc12. The van der Waals surface area contributed by atoms with Crippen LogP contribution >= 0.6 is 11.6 Å². The van der Waals surface area contributed by atoms with Gasteiger partial charge < -0.3 is 4.74 Å². The van der Waals surface area contributed by atoms with Crippen molar-refractivity contribution in [3.05, 3.63) is 90.1 Å². The molecule has 28 heavy (non-hydrogen) atoms. The third-order valence-electron chi connectivity index (χ3n) is 4.04. The molecule has 0 unspecified atom stereocenters. The van der Waals surface area contributed by atoms with Gasteiger partial charge in [-0.05, 0) is 60.7 Å². The lowest BCUT2D eigenvalue weighted by Crippen LogP contribution is -2.13. The van der Waals surface area contributed by atoms with E-state index in [2.05, 4.69) is 9.71 Å². The number of pyridine rings is 1. The van der Waals surface area contributed by atoms with Crippen LogP contribution < -0.4 is 9.46 Å². The molecule has 0 fully saturated rings. The Morgan fingerprint density at radius 2 is 1.46 bits per heavy atom. The summed E-state index contributed by atoms with van der Waals surface area (Å²) < 4.78 is 34.0. The molecule has 5 nitrogen and oxygen atoms in total. The Kier molecular flexibility index (Phi) is 4.90. The van der Waals surface area contributed by atoms with Crippen LogP contribution in [0.1, 0.15) is 0 Å². The van der Waals surface area contributed by atoms with Gasteiger partial charge in [-0.1, -0.05) is 29.8 Å². The molecule has 0 spiro atoms. The normalized spacial score (nSPS) is 11.3. The third-order valence-corrected chi connectivity index (χ3v) is 5.71. The van der Waals surface area contributed by atoms with E-state index >= 15 is 0 Å². The van der Waals surface area contributed by atoms with Gasteiger partial charge in [-0.3, -0.25) is 9.71 Å². The van der Waals surface area contributed by atoms with Gasteiger partial charge in [-0.25, -0.2) is 8.42 Å². The summed E-state index contributed by atoms with van der Waals surface area (Å²) in [6.45, 7) is 0. The van der Waals surface area contributed by atoms with E-state index in [-0.39, 0.29) is 4.90 Å². The summed E-state index contributed by atoms with van der Waals surface area (Å²) in [4.78, 5) is 4.34. The van der Waals surface area contributed by atoms with Crippen LogP contribution in [0.3, 0.4) is 0 Å². The van der Waals surface area contributed by atoms with Crippen LogP contribution in [0.4, 0.5) is 5.69 Å². The maximum absolute atomic E-state index is 12.8. The summed E-state index contributed by atoms with van der Waals surface area (Å²) >= 11 is 5.86. The average molecular weight is 411 g/mol. The van der Waals surface area contributed by atoms with E-state index in [0.29, 0.717) is 27.7 Å². The lowest BCUT2D eigenvalue weighted by Gasteiger charge is -2.11. The highest BCUT2D eigenvalue weighted by atomic mass is 35.5. The number of nitrogens with one attached hydrogen (secondary N) is 1. The number of rotatable bonds is 5. The van der Waals surface area contributed by atoms with Crippen molar-refractivity contribution in [3.8, 4) is 11.5 Å². The highest BCUT2D eigenvalue weighted by molar-refractivity contribution is 7.93. The van der Waals surface area contributed by atoms with E-state index < -0.39 is 10.0 Å².